The molecule has 0 aromatic heterocycles. The maximum Gasteiger partial charge on any atom is 0.123 e. The fraction of sp³-hybridized carbons (Fsp3) is 0.455. The fourth-order valence-electron chi connectivity index (χ4n) is 5.39. The largest absolute Gasteiger partial charge is 0.388 e. The maximum absolute atomic E-state index is 13.7. The van der Waals surface area contributed by atoms with Gasteiger partial charge in [-0.2, -0.15) is 0 Å². The van der Waals surface area contributed by atoms with Gasteiger partial charge in [-0.1, -0.05) is 31.2 Å². The van der Waals surface area contributed by atoms with Crippen molar-refractivity contribution in [3.8, 4) is 0 Å². The minimum atomic E-state index is -0.709. The molecule has 4 rings (SSSR count). The molecule has 1 heterocycles. The molecule has 26 heavy (non-hydrogen) atoms. The zero-order valence-corrected chi connectivity index (χ0v) is 15.2. The van der Waals surface area contributed by atoms with E-state index in [4.69, 9.17) is 0 Å². The second-order valence-electron chi connectivity index (χ2n) is 8.13. The van der Waals surface area contributed by atoms with E-state index in [2.05, 4.69) is 19.2 Å². The highest BCUT2D eigenvalue weighted by Crippen LogP contribution is 2.70. The maximum atomic E-state index is 13.7. The number of aliphatic hydroxyl groups excluding tert-OH is 1. The van der Waals surface area contributed by atoms with Gasteiger partial charge in [0.15, 0.2) is 0 Å². The summed E-state index contributed by atoms with van der Waals surface area (Å²) in [6, 6.07) is 12.9. The number of halogens is 2. The molecule has 2 fully saturated rings. The van der Waals surface area contributed by atoms with Crippen LogP contribution in [0.2, 0.25) is 0 Å². The van der Waals surface area contributed by atoms with E-state index in [0.29, 0.717) is 5.56 Å². The summed E-state index contributed by atoms with van der Waals surface area (Å²) in [7, 11) is 0. The molecule has 4 heteroatoms. The Morgan fingerprint density at radius 1 is 1.08 bits per heavy atom. The van der Waals surface area contributed by atoms with Gasteiger partial charge >= 0.3 is 0 Å². The minimum Gasteiger partial charge on any atom is -0.388 e. The molecule has 0 amide bonds. The van der Waals surface area contributed by atoms with Crippen molar-refractivity contribution in [2.24, 2.45) is 5.41 Å². The molecule has 4 atom stereocenters. The first-order valence-electron chi connectivity index (χ1n) is 9.33. The molecule has 2 aliphatic rings. The Bertz CT molecular complexity index is 819. The smallest absolute Gasteiger partial charge is 0.123 e. The molecular weight excluding hydrogens is 332 g/mol. The molecule has 2 nitrogen and oxygen atoms in total. The third-order valence-electron chi connectivity index (χ3n) is 6.95. The molecule has 0 bridgehead atoms. The Morgan fingerprint density at radius 3 is 2.38 bits per heavy atom. The van der Waals surface area contributed by atoms with Gasteiger partial charge in [-0.3, -0.25) is 0 Å². The van der Waals surface area contributed by atoms with Gasteiger partial charge in [0.1, 0.15) is 11.6 Å². The molecule has 2 aromatic rings. The highest BCUT2D eigenvalue weighted by molar-refractivity contribution is 5.41. The van der Waals surface area contributed by atoms with Crippen LogP contribution in [-0.2, 0) is 6.42 Å². The predicted octanol–water partition coefficient (Wildman–Crippen LogP) is 4.53. The molecule has 1 saturated heterocycles. The van der Waals surface area contributed by atoms with Gasteiger partial charge < -0.3 is 10.4 Å². The monoisotopic (exact) mass is 357 g/mol. The Labute approximate surface area is 153 Å². The van der Waals surface area contributed by atoms with Crippen LogP contribution >= 0.6 is 0 Å². The highest BCUT2D eigenvalue weighted by Gasteiger charge is 2.78. The summed E-state index contributed by atoms with van der Waals surface area (Å²) < 4.78 is 26.9. The molecule has 2 aromatic carbocycles. The van der Waals surface area contributed by atoms with Crippen LogP contribution in [0, 0.1) is 17.0 Å². The van der Waals surface area contributed by atoms with E-state index in [-0.39, 0.29) is 28.1 Å². The van der Waals surface area contributed by atoms with E-state index in [1.54, 1.807) is 12.1 Å². The van der Waals surface area contributed by atoms with Gasteiger partial charge in [0, 0.05) is 16.5 Å². The van der Waals surface area contributed by atoms with Crippen molar-refractivity contribution in [2.75, 3.05) is 0 Å². The lowest BCUT2D eigenvalue weighted by atomic mass is 9.50. The van der Waals surface area contributed by atoms with E-state index in [9.17, 15) is 13.9 Å². The van der Waals surface area contributed by atoms with Crippen LogP contribution < -0.4 is 5.32 Å². The van der Waals surface area contributed by atoms with Crippen LogP contribution in [0.4, 0.5) is 8.78 Å². The Hall–Kier alpha value is -1.78. The van der Waals surface area contributed by atoms with Gasteiger partial charge in [-0.15, -0.1) is 0 Å². The number of aliphatic hydroxyl groups is 1. The standard InChI is InChI=1S/C22H25F2NO/c1-3-21(19(26)16-5-4-6-18(24)13-16)11-12-22(21)20(2,25-22)14-15-7-9-17(23)10-8-15/h4-10,13,19,25-26H,3,11-12,14H2,1-2H3. The van der Waals surface area contributed by atoms with Crippen LogP contribution in [0.5, 0.6) is 0 Å². The van der Waals surface area contributed by atoms with Crippen molar-refractivity contribution in [2.45, 2.75) is 56.7 Å². The average Bonchev–Trinajstić information content (AvgIpc) is 3.25. The first-order valence-corrected chi connectivity index (χ1v) is 9.33. The quantitative estimate of drug-likeness (QED) is 0.772. The normalized spacial score (nSPS) is 33.7. The lowest BCUT2D eigenvalue weighted by Gasteiger charge is -2.54. The topological polar surface area (TPSA) is 42.2 Å². The molecule has 4 unspecified atom stereocenters. The minimum absolute atomic E-state index is 0.145. The van der Waals surface area contributed by atoms with Crippen LogP contribution in [0.1, 0.15) is 50.3 Å². The summed E-state index contributed by atoms with van der Waals surface area (Å²) in [5.74, 6) is -0.551. The molecule has 2 N–H and O–H groups in total. The van der Waals surface area contributed by atoms with Gasteiger partial charge in [-0.25, -0.2) is 8.78 Å². The van der Waals surface area contributed by atoms with Crippen LogP contribution in [0.3, 0.4) is 0 Å². The van der Waals surface area contributed by atoms with Crippen LogP contribution in [0.25, 0.3) is 0 Å². The summed E-state index contributed by atoms with van der Waals surface area (Å²) in [5.41, 5.74) is 1.11. The molecular formula is C22H25F2NO. The average molecular weight is 357 g/mol. The van der Waals surface area contributed by atoms with Gasteiger partial charge in [0.2, 0.25) is 0 Å². The van der Waals surface area contributed by atoms with Crippen LogP contribution in [0.15, 0.2) is 48.5 Å². The van der Waals surface area contributed by atoms with Crippen LogP contribution in [-0.4, -0.2) is 16.2 Å². The van der Waals surface area contributed by atoms with Crippen molar-refractivity contribution >= 4 is 0 Å². The summed E-state index contributed by atoms with van der Waals surface area (Å²) in [4.78, 5) is 0. The van der Waals surface area contributed by atoms with E-state index in [1.807, 2.05) is 12.1 Å². The predicted molar refractivity (Wildman–Crippen MR) is 97.7 cm³/mol. The van der Waals surface area contributed by atoms with Gasteiger partial charge in [0.25, 0.3) is 0 Å². The number of nitrogens with one attached hydrogen (secondary N) is 1. The van der Waals surface area contributed by atoms with Crippen molar-refractivity contribution in [1.29, 1.82) is 0 Å². The number of benzene rings is 2. The third-order valence-corrected chi connectivity index (χ3v) is 6.95. The second-order valence-corrected chi connectivity index (χ2v) is 8.13. The Kier molecular flexibility index (Phi) is 3.97. The number of rotatable bonds is 5. The fourth-order valence-corrected chi connectivity index (χ4v) is 5.39. The van der Waals surface area contributed by atoms with Crippen molar-refractivity contribution in [3.63, 3.8) is 0 Å². The van der Waals surface area contributed by atoms with Crippen molar-refractivity contribution < 1.29 is 13.9 Å². The molecule has 138 valence electrons. The molecule has 0 radical (unpaired) electrons. The summed E-state index contributed by atoms with van der Waals surface area (Å²) >= 11 is 0. The first-order chi connectivity index (χ1) is 12.4. The first kappa shape index (κ1) is 17.6. The summed E-state index contributed by atoms with van der Waals surface area (Å²) in [6.45, 7) is 4.28. The SMILES string of the molecule is CCC1(C(O)c2cccc(F)c2)CCC12NC2(C)Cc1ccc(F)cc1. The zero-order valence-electron chi connectivity index (χ0n) is 15.2. The lowest BCUT2D eigenvalue weighted by Crippen LogP contribution is -2.56. The van der Waals surface area contributed by atoms with E-state index < -0.39 is 6.10 Å². The van der Waals surface area contributed by atoms with Crippen molar-refractivity contribution in [1.82, 2.24) is 5.32 Å². The zero-order chi connectivity index (χ0) is 18.6. The molecule has 1 aliphatic heterocycles. The van der Waals surface area contributed by atoms with E-state index >= 15 is 0 Å². The van der Waals surface area contributed by atoms with Gasteiger partial charge in [0.05, 0.1) is 6.10 Å². The third kappa shape index (κ3) is 2.35. The number of hydrogen-bond acceptors (Lipinski definition) is 2. The molecule has 1 aliphatic carbocycles. The van der Waals surface area contributed by atoms with Gasteiger partial charge in [-0.05, 0) is 68.0 Å². The number of hydrogen-bond donors (Lipinski definition) is 2. The molecule has 1 saturated carbocycles. The summed E-state index contributed by atoms with van der Waals surface area (Å²) in [6.07, 6.45) is 2.79. The second kappa shape index (κ2) is 5.86. The van der Waals surface area contributed by atoms with E-state index in [0.717, 1.165) is 31.2 Å². The Balaban J connectivity index is 1.61. The molecule has 1 spiro atoms. The van der Waals surface area contributed by atoms with Crippen molar-refractivity contribution in [3.05, 3.63) is 71.3 Å². The van der Waals surface area contributed by atoms with E-state index in [1.165, 1.54) is 24.3 Å². The Morgan fingerprint density at radius 2 is 1.81 bits per heavy atom. The lowest BCUT2D eigenvalue weighted by molar-refractivity contribution is -0.0821. The summed E-state index contributed by atoms with van der Waals surface area (Å²) in [5, 5.41) is 14.9. The highest BCUT2D eigenvalue weighted by atomic mass is 19.1.